The SMILES string of the molecule is CC1CC2C(=O)N(C3(C#N)CCCC3)C(=O)C2C1. The molecule has 2 aliphatic carbocycles. The average molecular weight is 246 g/mol. The molecule has 3 rings (SSSR count). The summed E-state index contributed by atoms with van der Waals surface area (Å²) >= 11 is 0. The van der Waals surface area contributed by atoms with Gasteiger partial charge in [-0.25, -0.2) is 0 Å². The average Bonchev–Trinajstić information content (AvgIpc) is 3.00. The lowest BCUT2D eigenvalue weighted by molar-refractivity contribution is -0.145. The quantitative estimate of drug-likeness (QED) is 0.663. The summed E-state index contributed by atoms with van der Waals surface area (Å²) in [6, 6.07) is 2.26. The molecule has 1 saturated heterocycles. The molecular weight excluding hydrogens is 228 g/mol. The van der Waals surface area contributed by atoms with Gasteiger partial charge in [0.05, 0.1) is 17.9 Å². The van der Waals surface area contributed by atoms with Gasteiger partial charge in [0.15, 0.2) is 0 Å². The molecule has 0 N–H and O–H groups in total. The molecule has 2 unspecified atom stereocenters. The van der Waals surface area contributed by atoms with Gasteiger partial charge in [0.2, 0.25) is 11.8 Å². The van der Waals surface area contributed by atoms with E-state index < -0.39 is 5.54 Å². The summed E-state index contributed by atoms with van der Waals surface area (Å²) in [7, 11) is 0. The second-order valence-corrected chi connectivity index (χ2v) is 6.15. The second-order valence-electron chi connectivity index (χ2n) is 6.15. The highest BCUT2D eigenvalue weighted by Gasteiger charge is 2.58. The van der Waals surface area contributed by atoms with Crippen LogP contribution in [-0.2, 0) is 9.59 Å². The Labute approximate surface area is 107 Å². The fourth-order valence-electron chi connectivity index (χ4n) is 4.05. The second kappa shape index (κ2) is 3.81. The number of carbonyl (C=O) groups is 2. The van der Waals surface area contributed by atoms with Gasteiger partial charge in [-0.2, -0.15) is 5.26 Å². The predicted molar refractivity (Wildman–Crippen MR) is 64.0 cm³/mol. The molecule has 0 spiro atoms. The van der Waals surface area contributed by atoms with E-state index in [2.05, 4.69) is 13.0 Å². The molecule has 0 radical (unpaired) electrons. The number of hydrogen-bond donors (Lipinski definition) is 0. The first-order valence-corrected chi connectivity index (χ1v) is 6.88. The van der Waals surface area contributed by atoms with E-state index in [1.54, 1.807) is 0 Å². The molecule has 4 nitrogen and oxygen atoms in total. The smallest absolute Gasteiger partial charge is 0.234 e. The van der Waals surface area contributed by atoms with Crippen LogP contribution in [0.5, 0.6) is 0 Å². The molecular formula is C14H18N2O2. The van der Waals surface area contributed by atoms with Gasteiger partial charge in [-0.3, -0.25) is 14.5 Å². The van der Waals surface area contributed by atoms with E-state index in [1.165, 1.54) is 4.90 Å². The molecule has 0 bridgehead atoms. The van der Waals surface area contributed by atoms with Crippen molar-refractivity contribution in [3.8, 4) is 6.07 Å². The van der Waals surface area contributed by atoms with Crippen molar-refractivity contribution >= 4 is 11.8 Å². The molecule has 2 saturated carbocycles. The van der Waals surface area contributed by atoms with Gasteiger partial charge < -0.3 is 0 Å². The summed E-state index contributed by atoms with van der Waals surface area (Å²) in [4.78, 5) is 26.2. The maximum absolute atomic E-state index is 12.4. The lowest BCUT2D eigenvalue weighted by Crippen LogP contribution is -2.50. The fourth-order valence-corrected chi connectivity index (χ4v) is 4.05. The van der Waals surface area contributed by atoms with Crippen molar-refractivity contribution in [3.63, 3.8) is 0 Å². The van der Waals surface area contributed by atoms with Gasteiger partial charge in [-0.05, 0) is 44.4 Å². The third-order valence-electron chi connectivity index (χ3n) is 4.94. The molecule has 18 heavy (non-hydrogen) atoms. The van der Waals surface area contributed by atoms with E-state index in [0.717, 1.165) is 25.7 Å². The van der Waals surface area contributed by atoms with Crippen LogP contribution < -0.4 is 0 Å². The zero-order chi connectivity index (χ0) is 12.9. The maximum Gasteiger partial charge on any atom is 0.234 e. The molecule has 1 aliphatic heterocycles. The van der Waals surface area contributed by atoms with Crippen LogP contribution in [0.25, 0.3) is 0 Å². The molecule has 0 aromatic rings. The van der Waals surface area contributed by atoms with Crippen LogP contribution in [0.15, 0.2) is 0 Å². The Balaban J connectivity index is 1.94. The number of hydrogen-bond acceptors (Lipinski definition) is 3. The maximum atomic E-state index is 12.4. The molecule has 0 aromatic carbocycles. The summed E-state index contributed by atoms with van der Waals surface area (Å²) in [5, 5.41) is 9.43. The van der Waals surface area contributed by atoms with Gasteiger partial charge >= 0.3 is 0 Å². The van der Waals surface area contributed by atoms with Crippen molar-refractivity contribution in [3.05, 3.63) is 0 Å². The fraction of sp³-hybridized carbons (Fsp3) is 0.786. The number of nitrogens with zero attached hydrogens (tertiary/aromatic N) is 2. The third-order valence-corrected chi connectivity index (χ3v) is 4.94. The summed E-state index contributed by atoms with van der Waals surface area (Å²) < 4.78 is 0. The number of nitriles is 1. The van der Waals surface area contributed by atoms with E-state index in [1.807, 2.05) is 0 Å². The largest absolute Gasteiger partial charge is 0.274 e. The van der Waals surface area contributed by atoms with Gasteiger partial charge in [0.25, 0.3) is 0 Å². The Morgan fingerprint density at radius 3 is 2.11 bits per heavy atom. The number of rotatable bonds is 1. The van der Waals surface area contributed by atoms with Gasteiger partial charge in [-0.15, -0.1) is 0 Å². The number of carbonyl (C=O) groups excluding carboxylic acids is 2. The van der Waals surface area contributed by atoms with Crippen LogP contribution in [0.3, 0.4) is 0 Å². The Bertz CT molecular complexity index is 421. The number of likely N-dealkylation sites (tertiary alicyclic amines) is 1. The molecule has 3 aliphatic rings. The van der Waals surface area contributed by atoms with Crippen molar-refractivity contribution in [1.29, 1.82) is 5.26 Å². The van der Waals surface area contributed by atoms with Crippen LogP contribution >= 0.6 is 0 Å². The predicted octanol–water partition coefficient (Wildman–Crippen LogP) is 1.85. The minimum absolute atomic E-state index is 0.0715. The first-order valence-electron chi connectivity index (χ1n) is 6.88. The highest BCUT2D eigenvalue weighted by Crippen LogP contribution is 2.47. The Kier molecular flexibility index (Phi) is 2.48. The molecule has 1 heterocycles. The topological polar surface area (TPSA) is 61.2 Å². The highest BCUT2D eigenvalue weighted by atomic mass is 16.2. The van der Waals surface area contributed by atoms with Gasteiger partial charge in [0.1, 0.15) is 5.54 Å². The van der Waals surface area contributed by atoms with E-state index in [0.29, 0.717) is 18.8 Å². The molecule has 0 aromatic heterocycles. The zero-order valence-electron chi connectivity index (χ0n) is 10.7. The van der Waals surface area contributed by atoms with E-state index in [-0.39, 0.29) is 23.7 Å². The first kappa shape index (κ1) is 11.7. The summed E-state index contributed by atoms with van der Waals surface area (Å²) in [5.41, 5.74) is -0.818. The molecule has 2 amide bonds. The first-order chi connectivity index (χ1) is 8.59. The summed E-state index contributed by atoms with van der Waals surface area (Å²) in [5.74, 6) is 0.0314. The monoisotopic (exact) mass is 246 g/mol. The van der Waals surface area contributed by atoms with Crippen molar-refractivity contribution in [1.82, 2.24) is 4.90 Å². The van der Waals surface area contributed by atoms with Crippen LogP contribution in [0.2, 0.25) is 0 Å². The summed E-state index contributed by atoms with van der Waals surface area (Å²) in [6.07, 6.45) is 4.83. The highest BCUT2D eigenvalue weighted by molar-refractivity contribution is 6.06. The Hall–Kier alpha value is -1.37. The van der Waals surface area contributed by atoms with Crippen molar-refractivity contribution < 1.29 is 9.59 Å². The Morgan fingerprint density at radius 1 is 1.17 bits per heavy atom. The minimum Gasteiger partial charge on any atom is -0.274 e. The summed E-state index contributed by atoms with van der Waals surface area (Å²) in [6.45, 7) is 2.10. The van der Waals surface area contributed by atoms with E-state index in [4.69, 9.17) is 0 Å². The van der Waals surface area contributed by atoms with Crippen LogP contribution in [0.1, 0.15) is 45.4 Å². The van der Waals surface area contributed by atoms with Crippen molar-refractivity contribution in [2.75, 3.05) is 0 Å². The lowest BCUT2D eigenvalue weighted by atomic mass is 9.96. The van der Waals surface area contributed by atoms with E-state index in [9.17, 15) is 14.9 Å². The lowest BCUT2D eigenvalue weighted by Gasteiger charge is -2.31. The number of fused-ring (bicyclic) bond motifs is 1. The molecule has 2 atom stereocenters. The van der Waals surface area contributed by atoms with Crippen molar-refractivity contribution in [2.24, 2.45) is 17.8 Å². The standard InChI is InChI=1S/C14H18N2O2/c1-9-6-10-11(7-9)13(18)16(12(10)17)14(8-15)4-2-3-5-14/h9-11H,2-7H2,1H3. The minimum atomic E-state index is -0.818. The third kappa shape index (κ3) is 1.36. The molecule has 96 valence electrons. The molecule has 3 fully saturated rings. The van der Waals surface area contributed by atoms with Crippen LogP contribution in [-0.4, -0.2) is 22.3 Å². The number of amides is 2. The Morgan fingerprint density at radius 2 is 1.67 bits per heavy atom. The van der Waals surface area contributed by atoms with Crippen molar-refractivity contribution in [2.45, 2.75) is 51.0 Å². The zero-order valence-corrected chi connectivity index (χ0v) is 10.7. The normalized spacial score (nSPS) is 38.0. The number of imide groups is 1. The molecule has 4 heteroatoms. The van der Waals surface area contributed by atoms with Gasteiger partial charge in [0, 0.05) is 0 Å². The van der Waals surface area contributed by atoms with Crippen LogP contribution in [0, 0.1) is 29.1 Å². The van der Waals surface area contributed by atoms with Crippen LogP contribution in [0.4, 0.5) is 0 Å². The van der Waals surface area contributed by atoms with Gasteiger partial charge in [-0.1, -0.05) is 6.92 Å². The van der Waals surface area contributed by atoms with E-state index >= 15 is 0 Å².